The third-order valence-corrected chi connectivity index (χ3v) is 5.39. The summed E-state index contributed by atoms with van der Waals surface area (Å²) >= 11 is 0. The number of hydrogen-bond acceptors (Lipinski definition) is 7. The summed E-state index contributed by atoms with van der Waals surface area (Å²) in [5.41, 5.74) is 5.28. The zero-order chi connectivity index (χ0) is 24.8. The van der Waals surface area contributed by atoms with Gasteiger partial charge in [0.25, 0.3) is 0 Å². The van der Waals surface area contributed by atoms with Gasteiger partial charge in [0.2, 0.25) is 5.91 Å². The molecule has 0 aliphatic heterocycles. The number of carbonyl (C=O) groups is 2. The second-order valence-electron chi connectivity index (χ2n) is 8.41. The molecule has 1 atom stereocenters. The van der Waals surface area contributed by atoms with Gasteiger partial charge >= 0.3 is 6.09 Å². The molecular formula is C22H29FN4O5S. The third kappa shape index (κ3) is 8.35. The van der Waals surface area contributed by atoms with E-state index in [1.54, 1.807) is 39.0 Å². The Morgan fingerprint density at radius 2 is 1.73 bits per heavy atom. The summed E-state index contributed by atoms with van der Waals surface area (Å²) in [5, 5.41) is 5.68. The van der Waals surface area contributed by atoms with Crippen LogP contribution in [0.2, 0.25) is 0 Å². The Morgan fingerprint density at radius 1 is 1.09 bits per heavy atom. The summed E-state index contributed by atoms with van der Waals surface area (Å²) in [6.45, 7) is 6.83. The van der Waals surface area contributed by atoms with Crippen LogP contribution in [0.15, 0.2) is 47.4 Å². The van der Waals surface area contributed by atoms with E-state index in [2.05, 4.69) is 21.5 Å². The molecule has 0 bridgehead atoms. The minimum Gasteiger partial charge on any atom is -0.443 e. The summed E-state index contributed by atoms with van der Waals surface area (Å²) in [6.07, 6.45) is 0.314. The van der Waals surface area contributed by atoms with Crippen LogP contribution in [0.5, 0.6) is 0 Å². The molecule has 0 aromatic heterocycles. The van der Waals surface area contributed by atoms with E-state index in [0.717, 1.165) is 6.26 Å². The van der Waals surface area contributed by atoms with Crippen LogP contribution in [0.1, 0.15) is 33.3 Å². The number of anilines is 2. The predicted molar refractivity (Wildman–Crippen MR) is 124 cm³/mol. The van der Waals surface area contributed by atoms with Crippen molar-refractivity contribution in [3.8, 4) is 0 Å². The lowest BCUT2D eigenvalue weighted by atomic mass is 10.2. The van der Waals surface area contributed by atoms with E-state index in [9.17, 15) is 22.4 Å². The maximum absolute atomic E-state index is 13.2. The van der Waals surface area contributed by atoms with Crippen molar-refractivity contribution in [2.45, 2.75) is 50.8 Å². The number of hydrogen-bond donors (Lipinski definition) is 4. The lowest BCUT2D eigenvalue weighted by Gasteiger charge is -2.22. The zero-order valence-corrected chi connectivity index (χ0v) is 20.0. The Kier molecular flexibility index (Phi) is 8.39. The lowest BCUT2D eigenvalue weighted by Crippen LogP contribution is -2.49. The number of hydrazine groups is 1. The van der Waals surface area contributed by atoms with Crippen molar-refractivity contribution in [2.75, 3.05) is 16.9 Å². The minimum atomic E-state index is -3.62. The van der Waals surface area contributed by atoms with E-state index in [4.69, 9.17) is 4.74 Å². The van der Waals surface area contributed by atoms with Crippen molar-refractivity contribution in [3.05, 3.63) is 53.8 Å². The Hall–Kier alpha value is -3.18. The summed E-state index contributed by atoms with van der Waals surface area (Å²) in [5.74, 6) is -0.911. The number of carbonyl (C=O) groups excluding carboxylic acids is 2. The highest BCUT2D eigenvalue weighted by atomic mass is 32.2. The van der Waals surface area contributed by atoms with Crippen LogP contribution in [0.4, 0.5) is 20.6 Å². The average Bonchev–Trinajstić information content (AvgIpc) is 2.70. The molecule has 0 aliphatic rings. The van der Waals surface area contributed by atoms with Crippen LogP contribution in [-0.2, 0) is 25.9 Å². The fourth-order valence-electron chi connectivity index (χ4n) is 2.70. The van der Waals surface area contributed by atoms with E-state index in [1.807, 2.05) is 0 Å². The lowest BCUT2D eigenvalue weighted by molar-refractivity contribution is -0.117. The van der Waals surface area contributed by atoms with Crippen LogP contribution < -0.4 is 21.5 Å². The highest BCUT2D eigenvalue weighted by molar-refractivity contribution is 7.90. The normalized spacial score (nSPS) is 12.5. The van der Waals surface area contributed by atoms with E-state index >= 15 is 0 Å². The van der Waals surface area contributed by atoms with Gasteiger partial charge < -0.3 is 15.4 Å². The molecule has 0 heterocycles. The van der Waals surface area contributed by atoms with Crippen molar-refractivity contribution in [3.63, 3.8) is 0 Å². The van der Waals surface area contributed by atoms with Gasteiger partial charge in [0.1, 0.15) is 17.5 Å². The molecule has 11 heteroatoms. The van der Waals surface area contributed by atoms with E-state index in [1.165, 1.54) is 31.2 Å². The number of para-hydroxylation sites is 1. The summed E-state index contributed by atoms with van der Waals surface area (Å²) in [4.78, 5) is 24.4. The number of ether oxygens (including phenoxy) is 1. The maximum atomic E-state index is 13.2. The minimum absolute atomic E-state index is 0.00472. The van der Waals surface area contributed by atoms with Crippen molar-refractivity contribution in [1.82, 2.24) is 10.9 Å². The first-order valence-electron chi connectivity index (χ1n) is 10.1. The molecular weight excluding hydrogens is 451 g/mol. The summed E-state index contributed by atoms with van der Waals surface area (Å²) in [6, 6.07) is 9.34. The summed E-state index contributed by atoms with van der Waals surface area (Å²) in [7, 11) is -3.62. The molecule has 0 saturated carbocycles. The highest BCUT2D eigenvalue weighted by Crippen LogP contribution is 2.30. The molecule has 0 saturated heterocycles. The topological polar surface area (TPSA) is 126 Å². The van der Waals surface area contributed by atoms with E-state index in [-0.39, 0.29) is 28.6 Å². The van der Waals surface area contributed by atoms with Gasteiger partial charge in [-0.3, -0.25) is 10.2 Å². The van der Waals surface area contributed by atoms with Gasteiger partial charge in [-0.05, 0) is 57.5 Å². The van der Waals surface area contributed by atoms with Crippen LogP contribution in [-0.4, -0.2) is 38.3 Å². The number of amides is 2. The first-order valence-corrected chi connectivity index (χ1v) is 12.0. The molecule has 0 radical (unpaired) electrons. The smallest absolute Gasteiger partial charge is 0.422 e. The molecule has 2 aromatic carbocycles. The molecule has 2 rings (SSSR count). The number of rotatable bonds is 8. The zero-order valence-electron chi connectivity index (χ0n) is 19.2. The Bertz CT molecular complexity index is 1100. The number of halogens is 1. The molecule has 0 spiro atoms. The largest absolute Gasteiger partial charge is 0.443 e. The highest BCUT2D eigenvalue weighted by Gasteiger charge is 2.21. The number of sulfone groups is 1. The maximum Gasteiger partial charge on any atom is 0.422 e. The van der Waals surface area contributed by atoms with Crippen LogP contribution in [0.3, 0.4) is 0 Å². The molecule has 2 amide bonds. The van der Waals surface area contributed by atoms with Crippen LogP contribution in [0, 0.1) is 5.82 Å². The van der Waals surface area contributed by atoms with E-state index in [0.29, 0.717) is 5.56 Å². The van der Waals surface area contributed by atoms with Gasteiger partial charge in [-0.25, -0.2) is 23.0 Å². The molecule has 0 aliphatic carbocycles. The van der Waals surface area contributed by atoms with E-state index < -0.39 is 33.5 Å². The standard InChI is InChI=1S/C22H29FN4O5S/c1-14(26-27-21(29)32-22(2,3)4)20(28)25-17-7-6-8-18(33(5,30)31)19(17)24-13-15-9-11-16(23)12-10-15/h6-12,14,24,26H,13H2,1-5H3,(H,25,28)(H,27,29). The molecule has 4 N–H and O–H groups in total. The molecule has 0 fully saturated rings. The van der Waals surface area contributed by atoms with Gasteiger partial charge in [0, 0.05) is 12.8 Å². The van der Waals surface area contributed by atoms with Crippen molar-refractivity contribution < 1.29 is 27.1 Å². The third-order valence-electron chi connectivity index (χ3n) is 4.25. The second kappa shape index (κ2) is 10.6. The van der Waals surface area contributed by atoms with Gasteiger partial charge in [0.05, 0.1) is 16.3 Å². The molecule has 33 heavy (non-hydrogen) atoms. The fourth-order valence-corrected chi connectivity index (χ4v) is 3.58. The summed E-state index contributed by atoms with van der Waals surface area (Å²) < 4.78 is 42.8. The number of benzene rings is 2. The Morgan fingerprint density at radius 3 is 2.30 bits per heavy atom. The van der Waals surface area contributed by atoms with Crippen LogP contribution >= 0.6 is 0 Å². The van der Waals surface area contributed by atoms with Gasteiger partial charge in [-0.1, -0.05) is 18.2 Å². The molecule has 1 unspecified atom stereocenters. The fraction of sp³-hybridized carbons (Fsp3) is 0.364. The van der Waals surface area contributed by atoms with Gasteiger partial charge in [-0.15, -0.1) is 0 Å². The molecule has 2 aromatic rings. The van der Waals surface area contributed by atoms with Crippen molar-refractivity contribution in [1.29, 1.82) is 0 Å². The van der Waals surface area contributed by atoms with Crippen LogP contribution in [0.25, 0.3) is 0 Å². The monoisotopic (exact) mass is 480 g/mol. The number of nitrogens with one attached hydrogen (secondary N) is 4. The van der Waals surface area contributed by atoms with Gasteiger partial charge in [-0.2, -0.15) is 0 Å². The molecule has 180 valence electrons. The van der Waals surface area contributed by atoms with Crippen molar-refractivity contribution >= 4 is 33.2 Å². The SMILES string of the molecule is CC(NNC(=O)OC(C)(C)C)C(=O)Nc1cccc(S(C)(=O)=O)c1NCc1ccc(F)cc1. The van der Waals surface area contributed by atoms with Crippen molar-refractivity contribution in [2.24, 2.45) is 0 Å². The average molecular weight is 481 g/mol. The quantitative estimate of drug-likeness (QED) is 0.428. The first-order chi connectivity index (χ1) is 15.3. The first kappa shape index (κ1) is 26.1. The van der Waals surface area contributed by atoms with Gasteiger partial charge in [0.15, 0.2) is 9.84 Å². The molecule has 9 nitrogen and oxygen atoms in total. The Labute approximate surface area is 193 Å². The Balaban J connectivity index is 2.16. The second-order valence-corrected chi connectivity index (χ2v) is 10.4. The predicted octanol–water partition coefficient (Wildman–Crippen LogP) is 3.20.